The third-order valence-corrected chi connectivity index (χ3v) is 6.85. The summed E-state index contributed by atoms with van der Waals surface area (Å²) in [4.78, 5) is 0.365. The van der Waals surface area contributed by atoms with Crippen molar-refractivity contribution in [2.45, 2.75) is 44.7 Å². The number of hydrogen-bond acceptors (Lipinski definition) is 3. The number of hydrogen-bond donors (Lipinski definition) is 1. The monoisotopic (exact) mass is 374 g/mol. The van der Waals surface area contributed by atoms with Crippen molar-refractivity contribution in [2.24, 2.45) is 5.92 Å². The summed E-state index contributed by atoms with van der Waals surface area (Å²) < 4.78 is 27.9. The lowest BCUT2D eigenvalue weighted by Crippen LogP contribution is -2.34. The molecular weight excluding hydrogens is 352 g/mol. The molecule has 0 saturated carbocycles. The first-order valence-corrected chi connectivity index (χ1v) is 9.60. The highest BCUT2D eigenvalue weighted by molar-refractivity contribution is 9.10. The number of rotatable bonds is 5. The van der Waals surface area contributed by atoms with E-state index in [4.69, 9.17) is 0 Å². The summed E-state index contributed by atoms with van der Waals surface area (Å²) in [5.41, 5.74) is 1.07. The second kappa shape index (κ2) is 6.77. The van der Waals surface area contributed by atoms with E-state index >= 15 is 0 Å². The van der Waals surface area contributed by atoms with Gasteiger partial charge in [0.05, 0.1) is 4.90 Å². The summed E-state index contributed by atoms with van der Waals surface area (Å²) in [6.45, 7) is 8.36. The third kappa shape index (κ3) is 3.67. The molecule has 0 radical (unpaired) electrons. The maximum atomic E-state index is 12.8. The van der Waals surface area contributed by atoms with Gasteiger partial charge >= 0.3 is 0 Å². The van der Waals surface area contributed by atoms with Gasteiger partial charge in [-0.15, -0.1) is 0 Å². The molecule has 2 rings (SSSR count). The molecule has 1 aliphatic heterocycles. The molecule has 1 fully saturated rings. The van der Waals surface area contributed by atoms with Gasteiger partial charge in [-0.3, -0.25) is 0 Å². The van der Waals surface area contributed by atoms with Crippen LogP contribution in [0.4, 0.5) is 0 Å². The number of benzene rings is 1. The van der Waals surface area contributed by atoms with Crippen molar-refractivity contribution in [3.63, 3.8) is 0 Å². The van der Waals surface area contributed by atoms with Crippen LogP contribution in [-0.2, 0) is 16.6 Å². The summed E-state index contributed by atoms with van der Waals surface area (Å²) in [5, 5.41) is 3.24. The molecule has 1 aromatic carbocycles. The van der Waals surface area contributed by atoms with Crippen LogP contribution in [0.25, 0.3) is 0 Å². The second-order valence-electron chi connectivity index (χ2n) is 5.81. The first kappa shape index (κ1) is 16.9. The molecule has 0 bridgehead atoms. The SMILES string of the molecule is CCNCc1ccc(S(=O)(=O)N2CC(C)CC2C)c(Br)c1. The molecule has 4 nitrogen and oxygen atoms in total. The minimum atomic E-state index is -3.42. The molecule has 1 aliphatic rings. The first-order chi connectivity index (χ1) is 9.86. The third-order valence-electron chi connectivity index (χ3n) is 3.89. The van der Waals surface area contributed by atoms with E-state index in [0.29, 0.717) is 21.8 Å². The predicted molar refractivity (Wildman–Crippen MR) is 88.7 cm³/mol. The van der Waals surface area contributed by atoms with Gasteiger partial charge in [0.25, 0.3) is 0 Å². The smallest absolute Gasteiger partial charge is 0.244 e. The lowest BCUT2D eigenvalue weighted by molar-refractivity contribution is 0.405. The zero-order valence-corrected chi connectivity index (χ0v) is 15.2. The van der Waals surface area contributed by atoms with Crippen LogP contribution >= 0.6 is 15.9 Å². The molecular formula is C15H23BrN2O2S. The number of nitrogens with one attached hydrogen (secondary N) is 1. The molecule has 0 amide bonds. The van der Waals surface area contributed by atoms with E-state index in [1.165, 1.54) is 0 Å². The number of sulfonamides is 1. The van der Waals surface area contributed by atoms with Crippen LogP contribution < -0.4 is 5.32 Å². The van der Waals surface area contributed by atoms with Crippen LogP contribution in [0.5, 0.6) is 0 Å². The zero-order valence-electron chi connectivity index (χ0n) is 12.8. The summed E-state index contributed by atoms with van der Waals surface area (Å²) in [6.07, 6.45) is 0.926. The Morgan fingerprint density at radius 2 is 2.10 bits per heavy atom. The van der Waals surface area contributed by atoms with Gasteiger partial charge in [0.1, 0.15) is 0 Å². The van der Waals surface area contributed by atoms with E-state index in [1.807, 2.05) is 26.0 Å². The van der Waals surface area contributed by atoms with Gasteiger partial charge in [0.15, 0.2) is 0 Å². The highest BCUT2D eigenvalue weighted by atomic mass is 79.9. The van der Waals surface area contributed by atoms with Gasteiger partial charge in [-0.1, -0.05) is 19.9 Å². The highest BCUT2D eigenvalue weighted by Gasteiger charge is 2.36. The molecule has 21 heavy (non-hydrogen) atoms. The van der Waals surface area contributed by atoms with Crippen LogP contribution in [0.2, 0.25) is 0 Å². The van der Waals surface area contributed by atoms with E-state index < -0.39 is 10.0 Å². The van der Waals surface area contributed by atoms with Crippen LogP contribution in [0, 0.1) is 5.92 Å². The standard InChI is InChI=1S/C15H23BrN2O2S/c1-4-17-9-13-5-6-15(14(16)8-13)21(19,20)18-10-11(2)7-12(18)3/h5-6,8,11-12,17H,4,7,9-10H2,1-3H3. The van der Waals surface area contributed by atoms with Crippen LogP contribution in [-0.4, -0.2) is 31.9 Å². The largest absolute Gasteiger partial charge is 0.313 e. The Kier molecular flexibility index (Phi) is 5.46. The molecule has 0 aliphatic carbocycles. The Balaban J connectivity index is 2.28. The molecule has 118 valence electrons. The maximum Gasteiger partial charge on any atom is 0.244 e. The van der Waals surface area contributed by atoms with Crippen molar-refractivity contribution in [1.29, 1.82) is 0 Å². The highest BCUT2D eigenvalue weighted by Crippen LogP contribution is 2.32. The van der Waals surface area contributed by atoms with Gasteiger partial charge in [0.2, 0.25) is 10.0 Å². The van der Waals surface area contributed by atoms with Crippen molar-refractivity contribution in [1.82, 2.24) is 9.62 Å². The molecule has 1 saturated heterocycles. The van der Waals surface area contributed by atoms with Gasteiger partial charge < -0.3 is 5.32 Å². The van der Waals surface area contributed by atoms with E-state index in [1.54, 1.807) is 10.4 Å². The fraction of sp³-hybridized carbons (Fsp3) is 0.600. The Hall–Kier alpha value is -0.430. The predicted octanol–water partition coefficient (Wildman–Crippen LogP) is 2.98. The fourth-order valence-electron chi connectivity index (χ4n) is 2.86. The molecule has 1 heterocycles. The summed E-state index contributed by atoms with van der Waals surface area (Å²) in [7, 11) is -3.42. The molecule has 0 spiro atoms. The van der Waals surface area contributed by atoms with Crippen molar-refractivity contribution >= 4 is 26.0 Å². The van der Waals surface area contributed by atoms with Crippen molar-refractivity contribution in [3.05, 3.63) is 28.2 Å². The van der Waals surface area contributed by atoms with E-state index in [0.717, 1.165) is 25.1 Å². The minimum absolute atomic E-state index is 0.0679. The van der Waals surface area contributed by atoms with Gasteiger partial charge in [-0.05, 0) is 59.4 Å². The van der Waals surface area contributed by atoms with E-state index in [-0.39, 0.29) is 6.04 Å². The average molecular weight is 375 g/mol. The Labute approximate surface area is 136 Å². The Morgan fingerprint density at radius 3 is 2.62 bits per heavy atom. The van der Waals surface area contributed by atoms with Crippen LogP contribution in [0.15, 0.2) is 27.6 Å². The fourth-order valence-corrected chi connectivity index (χ4v) is 5.70. The molecule has 2 unspecified atom stereocenters. The summed E-state index contributed by atoms with van der Waals surface area (Å²) in [6, 6.07) is 5.55. The molecule has 1 aromatic rings. The van der Waals surface area contributed by atoms with E-state index in [2.05, 4.69) is 28.2 Å². The Morgan fingerprint density at radius 1 is 1.38 bits per heavy atom. The van der Waals surface area contributed by atoms with E-state index in [9.17, 15) is 8.42 Å². The quantitative estimate of drug-likeness (QED) is 0.861. The second-order valence-corrected chi connectivity index (χ2v) is 8.52. The lowest BCUT2D eigenvalue weighted by atomic mass is 10.1. The van der Waals surface area contributed by atoms with Gasteiger partial charge in [-0.25, -0.2) is 8.42 Å². The summed E-state index contributed by atoms with van der Waals surface area (Å²) in [5.74, 6) is 0.418. The first-order valence-electron chi connectivity index (χ1n) is 7.37. The molecule has 1 N–H and O–H groups in total. The Bertz CT molecular complexity index is 604. The lowest BCUT2D eigenvalue weighted by Gasteiger charge is -2.22. The minimum Gasteiger partial charge on any atom is -0.313 e. The van der Waals surface area contributed by atoms with Crippen LogP contribution in [0.1, 0.15) is 32.8 Å². The van der Waals surface area contributed by atoms with Crippen molar-refractivity contribution < 1.29 is 8.42 Å². The zero-order chi connectivity index (χ0) is 15.6. The van der Waals surface area contributed by atoms with Crippen molar-refractivity contribution in [3.8, 4) is 0 Å². The number of nitrogens with zero attached hydrogens (tertiary/aromatic N) is 1. The van der Waals surface area contributed by atoms with Gasteiger partial charge in [0, 0.05) is 23.6 Å². The number of halogens is 1. The van der Waals surface area contributed by atoms with Gasteiger partial charge in [-0.2, -0.15) is 4.31 Å². The van der Waals surface area contributed by atoms with Crippen LogP contribution in [0.3, 0.4) is 0 Å². The average Bonchev–Trinajstić information content (AvgIpc) is 2.76. The summed E-state index contributed by atoms with van der Waals surface area (Å²) >= 11 is 3.42. The van der Waals surface area contributed by atoms with Crippen molar-refractivity contribution in [2.75, 3.05) is 13.1 Å². The molecule has 2 atom stereocenters. The normalized spacial score (nSPS) is 23.6. The molecule has 6 heteroatoms. The maximum absolute atomic E-state index is 12.8. The molecule has 0 aromatic heterocycles. The topological polar surface area (TPSA) is 49.4 Å².